The number of methoxy groups -OCH3 is 1. The van der Waals surface area contributed by atoms with Crippen molar-refractivity contribution in [1.82, 2.24) is 0 Å². The molecule has 31 heavy (non-hydrogen) atoms. The largest absolute Gasteiger partial charge is 0.411 e. The maximum Gasteiger partial charge on any atom is 0.0683 e. The summed E-state index contributed by atoms with van der Waals surface area (Å²) in [6.07, 6.45) is 14.6. The molecule has 0 aromatic heterocycles. The molecule has 9 atom stereocenters. The van der Waals surface area contributed by atoms with Gasteiger partial charge in [0.15, 0.2) is 0 Å². The van der Waals surface area contributed by atoms with E-state index in [0.29, 0.717) is 11.3 Å². The Morgan fingerprint density at radius 1 is 1.00 bits per heavy atom. The van der Waals surface area contributed by atoms with Crippen LogP contribution in [0.25, 0.3) is 0 Å². The minimum absolute atomic E-state index is 0.210. The zero-order chi connectivity index (χ0) is 22.4. The van der Waals surface area contributed by atoms with E-state index in [9.17, 15) is 5.21 Å². The maximum atomic E-state index is 9.47. The van der Waals surface area contributed by atoms with Crippen LogP contribution < -0.4 is 0 Å². The molecule has 0 bridgehead atoms. The van der Waals surface area contributed by atoms with E-state index in [1.54, 1.807) is 0 Å². The molecular formula is C28H49NO2. The Hall–Kier alpha value is -0.570. The Morgan fingerprint density at radius 3 is 2.45 bits per heavy atom. The highest BCUT2D eigenvalue weighted by Gasteiger charge is 2.62. The molecule has 0 spiro atoms. The quantitative estimate of drug-likeness (QED) is 0.348. The van der Waals surface area contributed by atoms with Crippen LogP contribution in [0.5, 0.6) is 0 Å². The Kier molecular flexibility index (Phi) is 6.84. The summed E-state index contributed by atoms with van der Waals surface area (Å²) < 4.78 is 6.11. The fourth-order valence-corrected chi connectivity index (χ4v) is 9.54. The lowest BCUT2D eigenvalue weighted by Crippen LogP contribution is -2.59. The second-order valence-electron chi connectivity index (χ2n) is 12.8. The standard InChI is InChI=1S/C28H49NO2/c1-18(2)8-7-9-19(3)23-12-13-24-22-11-10-20-16-21(29-30)17-26(31-6)28(20,5)25(22)14-15-27(23,24)4/h18-20,22-26,30H,7-17H2,1-6H3/b29-21+/t19-,20+,22+,23-,24+,25+,26-,27-,28+/m1/s1. The van der Waals surface area contributed by atoms with Gasteiger partial charge in [0, 0.05) is 18.9 Å². The minimum Gasteiger partial charge on any atom is -0.411 e. The Labute approximate surface area is 191 Å². The zero-order valence-corrected chi connectivity index (χ0v) is 21.2. The Balaban J connectivity index is 1.51. The summed E-state index contributed by atoms with van der Waals surface area (Å²) in [6.45, 7) is 12.5. The third kappa shape index (κ3) is 3.89. The van der Waals surface area contributed by atoms with Gasteiger partial charge in [-0.15, -0.1) is 0 Å². The van der Waals surface area contributed by atoms with Gasteiger partial charge in [-0.25, -0.2) is 0 Å². The lowest BCUT2D eigenvalue weighted by atomic mass is 9.43. The van der Waals surface area contributed by atoms with E-state index < -0.39 is 0 Å². The molecule has 0 aromatic carbocycles. The van der Waals surface area contributed by atoms with Crippen LogP contribution in [0.15, 0.2) is 5.16 Å². The topological polar surface area (TPSA) is 41.8 Å². The molecule has 0 aromatic rings. The molecule has 0 heterocycles. The number of ether oxygens (including phenoxy) is 1. The number of nitrogens with zero attached hydrogens (tertiary/aromatic N) is 1. The number of hydrogen-bond acceptors (Lipinski definition) is 3. The van der Waals surface area contributed by atoms with Crippen LogP contribution in [-0.4, -0.2) is 24.1 Å². The van der Waals surface area contributed by atoms with Crippen molar-refractivity contribution < 1.29 is 9.94 Å². The first-order valence-corrected chi connectivity index (χ1v) is 13.5. The number of oxime groups is 1. The summed E-state index contributed by atoms with van der Waals surface area (Å²) in [5, 5.41) is 13.1. The second kappa shape index (κ2) is 8.99. The first kappa shape index (κ1) is 23.6. The van der Waals surface area contributed by atoms with E-state index in [1.165, 1.54) is 57.8 Å². The third-order valence-corrected chi connectivity index (χ3v) is 11.2. The van der Waals surface area contributed by atoms with Gasteiger partial charge in [-0.1, -0.05) is 59.0 Å². The molecule has 0 radical (unpaired) electrons. The zero-order valence-electron chi connectivity index (χ0n) is 21.2. The molecule has 4 saturated carbocycles. The van der Waals surface area contributed by atoms with Gasteiger partial charge in [0.2, 0.25) is 0 Å². The monoisotopic (exact) mass is 431 g/mol. The van der Waals surface area contributed by atoms with Gasteiger partial charge in [-0.3, -0.25) is 0 Å². The predicted molar refractivity (Wildman–Crippen MR) is 128 cm³/mol. The summed E-state index contributed by atoms with van der Waals surface area (Å²) >= 11 is 0. The van der Waals surface area contributed by atoms with Crippen LogP contribution in [0.1, 0.15) is 105 Å². The van der Waals surface area contributed by atoms with Crippen LogP contribution in [0.4, 0.5) is 0 Å². The fourth-order valence-electron chi connectivity index (χ4n) is 9.54. The molecule has 1 N–H and O–H groups in total. The van der Waals surface area contributed by atoms with Crippen molar-refractivity contribution in [3.8, 4) is 0 Å². The molecular weight excluding hydrogens is 382 g/mol. The highest BCUT2D eigenvalue weighted by atomic mass is 16.5. The molecule has 4 aliphatic rings. The van der Waals surface area contributed by atoms with E-state index >= 15 is 0 Å². The SMILES string of the molecule is CO[C@@H]1C/C(=N/O)C[C@@H]2CC[C@H]3[C@@H]4CC[C@H]([C@H](C)CCCC(C)C)[C@@]4(C)CC[C@@H]3[C@]21C. The maximum absolute atomic E-state index is 9.47. The first-order valence-electron chi connectivity index (χ1n) is 13.5. The summed E-state index contributed by atoms with van der Waals surface area (Å²) in [5.41, 5.74) is 1.76. The van der Waals surface area contributed by atoms with Crippen LogP contribution >= 0.6 is 0 Å². The van der Waals surface area contributed by atoms with Crippen molar-refractivity contribution in [3.05, 3.63) is 0 Å². The average Bonchev–Trinajstić information content (AvgIpc) is 3.09. The first-order chi connectivity index (χ1) is 14.8. The van der Waals surface area contributed by atoms with E-state index in [2.05, 4.69) is 39.8 Å². The van der Waals surface area contributed by atoms with Crippen molar-refractivity contribution in [2.75, 3.05) is 7.11 Å². The lowest BCUT2D eigenvalue weighted by molar-refractivity contribution is -0.159. The molecule has 0 aliphatic heterocycles. The molecule has 4 rings (SSSR count). The van der Waals surface area contributed by atoms with Crippen LogP contribution in [0, 0.1) is 52.3 Å². The molecule has 3 nitrogen and oxygen atoms in total. The minimum atomic E-state index is 0.210. The smallest absolute Gasteiger partial charge is 0.0683 e. The van der Waals surface area contributed by atoms with E-state index in [0.717, 1.165) is 54.1 Å². The van der Waals surface area contributed by atoms with Crippen molar-refractivity contribution >= 4 is 5.71 Å². The third-order valence-electron chi connectivity index (χ3n) is 11.2. The van der Waals surface area contributed by atoms with Crippen molar-refractivity contribution in [2.24, 2.45) is 57.4 Å². The van der Waals surface area contributed by atoms with E-state index in [1.807, 2.05) is 7.11 Å². The molecule has 4 aliphatic carbocycles. The van der Waals surface area contributed by atoms with Gasteiger partial charge in [0.05, 0.1) is 11.8 Å². The normalized spacial score (nSPS) is 47.1. The van der Waals surface area contributed by atoms with E-state index in [4.69, 9.17) is 4.74 Å². The van der Waals surface area contributed by atoms with Gasteiger partial charge in [0.25, 0.3) is 0 Å². The molecule has 4 fully saturated rings. The van der Waals surface area contributed by atoms with Crippen LogP contribution in [0.2, 0.25) is 0 Å². The number of fused-ring (bicyclic) bond motifs is 5. The fraction of sp³-hybridized carbons (Fsp3) is 0.964. The number of rotatable bonds is 6. The van der Waals surface area contributed by atoms with Crippen molar-refractivity contribution in [1.29, 1.82) is 0 Å². The highest BCUT2D eigenvalue weighted by Crippen LogP contribution is 2.68. The summed E-state index contributed by atoms with van der Waals surface area (Å²) in [5.74, 6) is 5.83. The predicted octanol–water partition coefficient (Wildman–Crippen LogP) is 7.56. The molecule has 0 saturated heterocycles. The van der Waals surface area contributed by atoms with Gasteiger partial charge in [0.1, 0.15) is 0 Å². The van der Waals surface area contributed by atoms with Crippen LogP contribution in [0.3, 0.4) is 0 Å². The summed E-state index contributed by atoms with van der Waals surface area (Å²) in [6, 6.07) is 0. The molecule has 3 heteroatoms. The molecule has 0 unspecified atom stereocenters. The van der Waals surface area contributed by atoms with Gasteiger partial charge in [-0.05, 0) is 91.8 Å². The average molecular weight is 432 g/mol. The van der Waals surface area contributed by atoms with Crippen LogP contribution in [-0.2, 0) is 4.74 Å². The van der Waals surface area contributed by atoms with E-state index in [-0.39, 0.29) is 11.5 Å². The van der Waals surface area contributed by atoms with Gasteiger partial charge in [-0.2, -0.15) is 0 Å². The highest BCUT2D eigenvalue weighted by molar-refractivity contribution is 5.85. The van der Waals surface area contributed by atoms with Gasteiger partial charge < -0.3 is 9.94 Å². The second-order valence-corrected chi connectivity index (χ2v) is 12.8. The summed E-state index contributed by atoms with van der Waals surface area (Å²) in [7, 11) is 1.88. The lowest BCUT2D eigenvalue weighted by Gasteiger charge is -2.62. The van der Waals surface area contributed by atoms with Gasteiger partial charge >= 0.3 is 0 Å². The Morgan fingerprint density at radius 2 is 1.77 bits per heavy atom. The van der Waals surface area contributed by atoms with Crippen molar-refractivity contribution in [3.63, 3.8) is 0 Å². The van der Waals surface area contributed by atoms with Crippen molar-refractivity contribution in [2.45, 2.75) is 111 Å². The molecule has 178 valence electrons. The number of hydrogen-bond donors (Lipinski definition) is 1. The summed E-state index contributed by atoms with van der Waals surface area (Å²) in [4.78, 5) is 0. The molecule has 0 amide bonds. The Bertz CT molecular complexity index is 647.